The number of hydrogen-bond donors (Lipinski definition) is 0. The molecule has 0 fully saturated rings. The van der Waals surface area contributed by atoms with Crippen LogP contribution in [-0.4, -0.2) is 17.8 Å². The van der Waals surface area contributed by atoms with Crippen LogP contribution in [0.25, 0.3) is 16.7 Å². The minimum atomic E-state index is -0.979. The van der Waals surface area contributed by atoms with E-state index in [-0.39, 0.29) is 16.7 Å². The fourth-order valence-corrected chi connectivity index (χ4v) is 2.14. The molecule has 0 aliphatic heterocycles. The van der Waals surface area contributed by atoms with Crippen LogP contribution in [0.15, 0.2) is 62.5 Å². The summed E-state index contributed by atoms with van der Waals surface area (Å²) >= 11 is 0. The highest BCUT2D eigenvalue weighted by molar-refractivity contribution is 5.83. The molecule has 7 nitrogen and oxygen atoms in total. The zero-order valence-corrected chi connectivity index (χ0v) is 12.0. The van der Waals surface area contributed by atoms with E-state index in [1.54, 1.807) is 30.3 Å². The first-order valence-corrected chi connectivity index (χ1v) is 6.62. The lowest BCUT2D eigenvalue weighted by atomic mass is 10.2. The predicted octanol–water partition coefficient (Wildman–Crippen LogP) is 2.09. The second-order valence-electron chi connectivity index (χ2n) is 4.53. The van der Waals surface area contributed by atoms with E-state index in [1.165, 1.54) is 18.2 Å². The first-order valence-electron chi connectivity index (χ1n) is 6.62. The average Bonchev–Trinajstić information content (AvgIpc) is 2.56. The summed E-state index contributed by atoms with van der Waals surface area (Å²) in [7, 11) is 1.14. The number of ether oxygens (including phenoxy) is 2. The zero-order chi connectivity index (χ0) is 16.4. The van der Waals surface area contributed by atoms with Gasteiger partial charge in [0.25, 0.3) is 5.56 Å². The van der Waals surface area contributed by atoms with Gasteiger partial charge in [-0.05, 0) is 24.3 Å². The van der Waals surface area contributed by atoms with Crippen LogP contribution in [0, 0.1) is 0 Å². The van der Waals surface area contributed by atoms with Crippen molar-refractivity contribution >= 4 is 17.1 Å². The minimum Gasteiger partial charge on any atom is -0.437 e. The molecule has 1 aromatic heterocycles. The van der Waals surface area contributed by atoms with Gasteiger partial charge >= 0.3 is 11.9 Å². The summed E-state index contributed by atoms with van der Waals surface area (Å²) in [5, 5.41) is 0.106. The Morgan fingerprint density at radius 1 is 1.04 bits per heavy atom. The topological polar surface area (TPSA) is 87.7 Å². The smallest absolute Gasteiger partial charge is 0.437 e. The van der Waals surface area contributed by atoms with Gasteiger partial charge in [0, 0.05) is 0 Å². The zero-order valence-electron chi connectivity index (χ0n) is 12.0. The molecule has 0 saturated heterocycles. The molecule has 0 saturated carbocycles. The number of rotatable bonds is 2. The Balaban J connectivity index is 2.28. The Morgan fingerprint density at radius 3 is 2.48 bits per heavy atom. The third-order valence-corrected chi connectivity index (χ3v) is 3.16. The molecule has 0 aliphatic rings. The van der Waals surface area contributed by atoms with E-state index in [0.717, 1.165) is 11.7 Å². The molecule has 0 N–H and O–H groups in total. The van der Waals surface area contributed by atoms with E-state index in [9.17, 15) is 14.4 Å². The maximum atomic E-state index is 12.6. The van der Waals surface area contributed by atoms with Crippen LogP contribution in [-0.2, 0) is 4.74 Å². The van der Waals surface area contributed by atoms with Crippen LogP contribution in [0.5, 0.6) is 5.75 Å². The molecule has 0 unspecified atom stereocenters. The summed E-state index contributed by atoms with van der Waals surface area (Å²) in [6.45, 7) is 0. The SMILES string of the molecule is COC(=O)Oc1cccc2c(=O)n(-c3ccccc3)c(=O)oc12. The molecule has 1 heterocycles. The number of carbonyl (C=O) groups excluding carboxylic acids is 1. The second kappa shape index (κ2) is 5.80. The fourth-order valence-electron chi connectivity index (χ4n) is 2.14. The molecule has 3 aromatic rings. The van der Waals surface area contributed by atoms with Gasteiger partial charge in [0.1, 0.15) is 0 Å². The quantitative estimate of drug-likeness (QED) is 0.532. The van der Waals surface area contributed by atoms with Crippen molar-refractivity contribution in [3.63, 3.8) is 0 Å². The molecule has 7 heteroatoms. The molecule has 23 heavy (non-hydrogen) atoms. The third-order valence-electron chi connectivity index (χ3n) is 3.16. The van der Waals surface area contributed by atoms with Crippen LogP contribution in [0.3, 0.4) is 0 Å². The Hall–Kier alpha value is -3.35. The highest BCUT2D eigenvalue weighted by atomic mass is 16.7. The monoisotopic (exact) mass is 313 g/mol. The highest BCUT2D eigenvalue weighted by Gasteiger charge is 2.16. The summed E-state index contributed by atoms with van der Waals surface area (Å²) in [4.78, 5) is 36.0. The summed E-state index contributed by atoms with van der Waals surface area (Å²) in [5.74, 6) is -0.946. The maximum absolute atomic E-state index is 12.6. The number of methoxy groups -OCH3 is 1. The lowest BCUT2D eigenvalue weighted by molar-refractivity contribution is 0.121. The van der Waals surface area contributed by atoms with E-state index in [1.807, 2.05) is 0 Å². The van der Waals surface area contributed by atoms with Crippen molar-refractivity contribution in [1.82, 2.24) is 4.57 Å². The molecular weight excluding hydrogens is 302 g/mol. The molecular formula is C16H11NO6. The van der Waals surface area contributed by atoms with Crippen LogP contribution in [0.2, 0.25) is 0 Å². The second-order valence-corrected chi connectivity index (χ2v) is 4.53. The molecule has 2 aromatic carbocycles. The minimum absolute atomic E-state index is 0.0660. The Bertz CT molecular complexity index is 987. The van der Waals surface area contributed by atoms with Crippen LogP contribution < -0.4 is 16.1 Å². The van der Waals surface area contributed by atoms with Gasteiger partial charge in [-0.2, -0.15) is 0 Å². The van der Waals surface area contributed by atoms with E-state index >= 15 is 0 Å². The summed E-state index contributed by atoms with van der Waals surface area (Å²) < 4.78 is 15.4. The number of para-hydroxylation sites is 2. The molecule has 0 atom stereocenters. The number of fused-ring (bicyclic) bond motifs is 1. The van der Waals surface area contributed by atoms with Gasteiger partial charge in [0.15, 0.2) is 11.3 Å². The van der Waals surface area contributed by atoms with Crippen LogP contribution >= 0.6 is 0 Å². The lowest BCUT2D eigenvalue weighted by Gasteiger charge is -2.07. The molecule has 0 spiro atoms. The molecule has 3 rings (SSSR count). The van der Waals surface area contributed by atoms with E-state index < -0.39 is 17.5 Å². The Kier molecular flexibility index (Phi) is 3.68. The Morgan fingerprint density at radius 2 is 1.78 bits per heavy atom. The van der Waals surface area contributed by atoms with Crippen molar-refractivity contribution in [2.45, 2.75) is 0 Å². The first-order chi connectivity index (χ1) is 11.1. The van der Waals surface area contributed by atoms with Gasteiger partial charge in [-0.1, -0.05) is 24.3 Å². The largest absolute Gasteiger partial charge is 0.513 e. The molecule has 0 bridgehead atoms. The third kappa shape index (κ3) is 2.59. The van der Waals surface area contributed by atoms with Gasteiger partial charge in [-0.3, -0.25) is 4.79 Å². The maximum Gasteiger partial charge on any atom is 0.513 e. The van der Waals surface area contributed by atoms with Crippen molar-refractivity contribution in [1.29, 1.82) is 0 Å². The lowest BCUT2D eigenvalue weighted by Crippen LogP contribution is -2.31. The van der Waals surface area contributed by atoms with Crippen molar-refractivity contribution < 1.29 is 18.7 Å². The Labute approximate surface area is 129 Å². The number of nitrogens with zero attached hydrogens (tertiary/aromatic N) is 1. The molecule has 0 radical (unpaired) electrons. The highest BCUT2D eigenvalue weighted by Crippen LogP contribution is 2.22. The van der Waals surface area contributed by atoms with E-state index in [0.29, 0.717) is 5.69 Å². The molecule has 116 valence electrons. The van der Waals surface area contributed by atoms with Crippen molar-refractivity contribution in [2.75, 3.05) is 7.11 Å². The normalized spacial score (nSPS) is 10.5. The number of aromatic nitrogens is 1. The number of benzene rings is 2. The van der Waals surface area contributed by atoms with E-state index in [2.05, 4.69) is 4.74 Å². The predicted molar refractivity (Wildman–Crippen MR) is 81.1 cm³/mol. The van der Waals surface area contributed by atoms with Crippen molar-refractivity contribution in [3.8, 4) is 11.4 Å². The summed E-state index contributed by atoms with van der Waals surface area (Å²) in [6, 6.07) is 12.8. The van der Waals surface area contributed by atoms with Crippen molar-refractivity contribution in [2.24, 2.45) is 0 Å². The van der Waals surface area contributed by atoms with E-state index in [4.69, 9.17) is 9.15 Å². The van der Waals surface area contributed by atoms with Gasteiger partial charge in [0.2, 0.25) is 0 Å². The van der Waals surface area contributed by atoms with Crippen LogP contribution in [0.1, 0.15) is 0 Å². The molecule has 0 amide bonds. The van der Waals surface area contributed by atoms with Gasteiger partial charge in [0.05, 0.1) is 18.2 Å². The number of hydrogen-bond acceptors (Lipinski definition) is 6. The summed E-state index contributed by atoms with van der Waals surface area (Å²) in [6.07, 6.45) is -0.979. The van der Waals surface area contributed by atoms with Gasteiger partial charge in [-0.25, -0.2) is 14.2 Å². The standard InChI is InChI=1S/C16H11NO6/c1-21-16(20)22-12-9-5-8-11-13(12)23-15(19)17(14(11)18)10-6-3-2-4-7-10/h2-9H,1H3. The van der Waals surface area contributed by atoms with Gasteiger partial charge in [-0.15, -0.1) is 0 Å². The average molecular weight is 313 g/mol. The molecule has 0 aliphatic carbocycles. The van der Waals surface area contributed by atoms with Crippen LogP contribution in [0.4, 0.5) is 4.79 Å². The van der Waals surface area contributed by atoms with Gasteiger partial charge < -0.3 is 13.9 Å². The number of carbonyl (C=O) groups is 1. The fraction of sp³-hybridized carbons (Fsp3) is 0.0625. The first kappa shape index (κ1) is 14.6. The summed E-state index contributed by atoms with van der Waals surface area (Å²) in [5.41, 5.74) is -0.301. The van der Waals surface area contributed by atoms with Crippen molar-refractivity contribution in [3.05, 3.63) is 69.4 Å².